The Labute approximate surface area is 140 Å². The van der Waals surface area contributed by atoms with Crippen LogP contribution in [0, 0.1) is 0 Å². The van der Waals surface area contributed by atoms with Crippen molar-refractivity contribution in [3.05, 3.63) is 46.3 Å². The van der Waals surface area contributed by atoms with Gasteiger partial charge in [0, 0.05) is 24.9 Å². The van der Waals surface area contributed by atoms with E-state index in [1.165, 1.54) is 6.07 Å². The third-order valence-electron chi connectivity index (χ3n) is 3.63. The van der Waals surface area contributed by atoms with Crippen LogP contribution < -0.4 is 16.3 Å². The van der Waals surface area contributed by atoms with Crippen LogP contribution in [-0.2, 0) is 4.79 Å². The van der Waals surface area contributed by atoms with Crippen LogP contribution in [0.2, 0.25) is 0 Å². The molecule has 0 atom stereocenters. The lowest BCUT2D eigenvalue weighted by Gasteiger charge is -2.07. The van der Waals surface area contributed by atoms with E-state index in [0.717, 1.165) is 19.3 Å². The molecule has 0 aliphatic rings. The molecule has 0 unspecified atom stereocenters. The zero-order valence-corrected chi connectivity index (χ0v) is 13.8. The molecule has 0 aliphatic carbocycles. The zero-order chi connectivity index (χ0) is 17.4. The number of para-hydroxylation sites is 1. The van der Waals surface area contributed by atoms with Gasteiger partial charge in [-0.3, -0.25) is 9.59 Å². The third-order valence-corrected chi connectivity index (χ3v) is 3.63. The molecule has 2 rings (SSSR count). The number of carbonyl (C=O) groups excluding carboxylic acids is 2. The predicted octanol–water partition coefficient (Wildman–Crippen LogP) is 2.22. The molecule has 1 aromatic heterocycles. The summed E-state index contributed by atoms with van der Waals surface area (Å²) in [5, 5.41) is 6.04. The van der Waals surface area contributed by atoms with Crippen LogP contribution in [0.5, 0.6) is 0 Å². The van der Waals surface area contributed by atoms with Crippen LogP contribution in [0.1, 0.15) is 43.0 Å². The van der Waals surface area contributed by atoms with Crippen molar-refractivity contribution in [1.29, 1.82) is 0 Å². The minimum atomic E-state index is -0.671. The number of rotatable bonds is 8. The smallest absolute Gasteiger partial charge is 0.349 e. The Balaban J connectivity index is 1.84. The number of nitrogens with one attached hydrogen (secondary N) is 2. The lowest BCUT2D eigenvalue weighted by atomic mass is 10.2. The summed E-state index contributed by atoms with van der Waals surface area (Å²) in [5.74, 6) is -0.530. The first kappa shape index (κ1) is 17.7. The van der Waals surface area contributed by atoms with Crippen LogP contribution in [0.3, 0.4) is 0 Å². The molecule has 6 nitrogen and oxygen atoms in total. The molecule has 2 N–H and O–H groups in total. The van der Waals surface area contributed by atoms with Crippen molar-refractivity contribution in [3.63, 3.8) is 0 Å². The van der Waals surface area contributed by atoms with E-state index in [1.807, 2.05) is 0 Å². The Kier molecular flexibility index (Phi) is 6.54. The molecule has 1 heterocycles. The number of amides is 2. The predicted molar refractivity (Wildman–Crippen MR) is 92.0 cm³/mol. The average Bonchev–Trinajstić information content (AvgIpc) is 2.58. The highest BCUT2D eigenvalue weighted by Gasteiger charge is 2.13. The molecule has 1 aromatic carbocycles. The molecule has 0 radical (unpaired) electrons. The number of hydrogen-bond donors (Lipinski definition) is 2. The summed E-state index contributed by atoms with van der Waals surface area (Å²) in [7, 11) is 0. The van der Waals surface area contributed by atoms with Gasteiger partial charge < -0.3 is 15.1 Å². The van der Waals surface area contributed by atoms with Gasteiger partial charge in [0.05, 0.1) is 0 Å². The molecular formula is C18H22N2O4. The van der Waals surface area contributed by atoms with E-state index in [-0.39, 0.29) is 18.0 Å². The van der Waals surface area contributed by atoms with Crippen LogP contribution in [0.15, 0.2) is 39.5 Å². The van der Waals surface area contributed by atoms with Gasteiger partial charge in [0.25, 0.3) is 5.91 Å². The van der Waals surface area contributed by atoms with Crippen molar-refractivity contribution in [2.45, 2.75) is 32.6 Å². The maximum absolute atomic E-state index is 12.1. The Morgan fingerprint density at radius 3 is 2.62 bits per heavy atom. The van der Waals surface area contributed by atoms with Crippen LogP contribution in [0.4, 0.5) is 0 Å². The summed E-state index contributed by atoms with van der Waals surface area (Å²) in [4.78, 5) is 35.5. The van der Waals surface area contributed by atoms with Crippen molar-refractivity contribution in [1.82, 2.24) is 10.6 Å². The fourth-order valence-electron chi connectivity index (χ4n) is 2.32. The zero-order valence-electron chi connectivity index (χ0n) is 13.8. The van der Waals surface area contributed by atoms with Crippen molar-refractivity contribution in [2.24, 2.45) is 0 Å². The topological polar surface area (TPSA) is 88.4 Å². The first-order valence-electron chi connectivity index (χ1n) is 8.19. The van der Waals surface area contributed by atoms with Gasteiger partial charge in [-0.15, -0.1) is 0 Å². The standard InChI is InChI=1S/C18H22N2O4/c1-2-3-4-9-16(21)19-10-11-20-17(22)14-12-13-7-5-6-8-15(13)24-18(14)23/h5-8,12H,2-4,9-11H2,1H3,(H,19,21)(H,20,22). The van der Waals surface area contributed by atoms with Gasteiger partial charge in [0.1, 0.15) is 11.1 Å². The Hall–Kier alpha value is -2.63. The van der Waals surface area contributed by atoms with E-state index in [0.29, 0.717) is 23.9 Å². The molecule has 0 saturated heterocycles. The molecular weight excluding hydrogens is 308 g/mol. The van der Waals surface area contributed by atoms with Crippen molar-refractivity contribution >= 4 is 22.8 Å². The molecule has 2 amide bonds. The number of unbranched alkanes of at least 4 members (excludes halogenated alkanes) is 2. The molecule has 0 saturated carbocycles. The number of carbonyl (C=O) groups is 2. The molecule has 0 spiro atoms. The largest absolute Gasteiger partial charge is 0.422 e. The summed E-state index contributed by atoms with van der Waals surface area (Å²) in [5.41, 5.74) is -0.267. The van der Waals surface area contributed by atoms with E-state index in [1.54, 1.807) is 24.3 Å². The van der Waals surface area contributed by atoms with Gasteiger partial charge in [0.2, 0.25) is 5.91 Å². The van der Waals surface area contributed by atoms with E-state index in [4.69, 9.17) is 4.42 Å². The second kappa shape index (κ2) is 8.86. The van der Waals surface area contributed by atoms with Crippen LogP contribution >= 0.6 is 0 Å². The minimum Gasteiger partial charge on any atom is -0.422 e. The summed E-state index contributed by atoms with van der Waals surface area (Å²) in [6.45, 7) is 2.66. The molecule has 0 aliphatic heterocycles. The van der Waals surface area contributed by atoms with Gasteiger partial charge in [-0.25, -0.2) is 4.79 Å². The summed E-state index contributed by atoms with van der Waals surface area (Å²) < 4.78 is 5.13. The lowest BCUT2D eigenvalue weighted by molar-refractivity contribution is -0.121. The van der Waals surface area contributed by atoms with E-state index in [9.17, 15) is 14.4 Å². The fraction of sp³-hybridized carbons (Fsp3) is 0.389. The SMILES string of the molecule is CCCCCC(=O)NCCNC(=O)c1cc2ccccc2oc1=O. The maximum Gasteiger partial charge on any atom is 0.349 e. The molecule has 6 heteroatoms. The molecule has 24 heavy (non-hydrogen) atoms. The van der Waals surface area contributed by atoms with E-state index >= 15 is 0 Å². The Bertz CT molecular complexity index is 767. The minimum absolute atomic E-state index is 0.0251. The van der Waals surface area contributed by atoms with Crippen molar-refractivity contribution in [3.8, 4) is 0 Å². The normalized spacial score (nSPS) is 10.5. The number of hydrogen-bond acceptors (Lipinski definition) is 4. The van der Waals surface area contributed by atoms with Crippen molar-refractivity contribution < 1.29 is 14.0 Å². The average molecular weight is 330 g/mol. The Morgan fingerprint density at radius 1 is 1.08 bits per heavy atom. The lowest BCUT2D eigenvalue weighted by Crippen LogP contribution is -2.36. The van der Waals surface area contributed by atoms with Gasteiger partial charge >= 0.3 is 5.63 Å². The van der Waals surface area contributed by atoms with Crippen LogP contribution in [-0.4, -0.2) is 24.9 Å². The monoisotopic (exact) mass is 330 g/mol. The fourth-order valence-corrected chi connectivity index (χ4v) is 2.32. The molecule has 128 valence electrons. The second-order valence-corrected chi connectivity index (χ2v) is 5.55. The molecule has 0 bridgehead atoms. The van der Waals surface area contributed by atoms with E-state index in [2.05, 4.69) is 17.6 Å². The Morgan fingerprint density at radius 2 is 1.83 bits per heavy atom. The van der Waals surface area contributed by atoms with Crippen molar-refractivity contribution in [2.75, 3.05) is 13.1 Å². The highest BCUT2D eigenvalue weighted by Crippen LogP contribution is 2.12. The van der Waals surface area contributed by atoms with Gasteiger partial charge in [-0.1, -0.05) is 38.0 Å². The second-order valence-electron chi connectivity index (χ2n) is 5.55. The molecule has 0 fully saturated rings. The summed E-state index contributed by atoms with van der Waals surface area (Å²) in [6.07, 6.45) is 3.46. The maximum atomic E-state index is 12.1. The summed E-state index contributed by atoms with van der Waals surface area (Å²) in [6, 6.07) is 8.52. The summed E-state index contributed by atoms with van der Waals surface area (Å²) >= 11 is 0. The highest BCUT2D eigenvalue weighted by molar-refractivity contribution is 5.96. The van der Waals surface area contributed by atoms with Gasteiger partial charge in [0.15, 0.2) is 0 Å². The van der Waals surface area contributed by atoms with Gasteiger partial charge in [-0.2, -0.15) is 0 Å². The van der Waals surface area contributed by atoms with E-state index < -0.39 is 11.5 Å². The molecule has 2 aromatic rings. The van der Waals surface area contributed by atoms with Gasteiger partial charge in [-0.05, 0) is 18.6 Å². The van der Waals surface area contributed by atoms with Crippen LogP contribution in [0.25, 0.3) is 11.0 Å². The first-order valence-corrected chi connectivity index (χ1v) is 8.19. The highest BCUT2D eigenvalue weighted by atomic mass is 16.4. The quantitative estimate of drug-likeness (QED) is 0.574. The number of fused-ring (bicyclic) bond motifs is 1. The number of benzene rings is 1. The third kappa shape index (κ3) is 4.94. The first-order chi connectivity index (χ1) is 11.6.